The predicted octanol–water partition coefficient (Wildman–Crippen LogP) is 5.40. The smallest absolute Gasteiger partial charge is 0.422 e. The molecule has 0 radical (unpaired) electrons. The van der Waals surface area contributed by atoms with E-state index < -0.39 is 57.1 Å². The summed E-state index contributed by atoms with van der Waals surface area (Å²) in [7, 11) is -4.29. The molecule has 1 aliphatic carbocycles. The Bertz CT molecular complexity index is 1520. The van der Waals surface area contributed by atoms with E-state index in [-0.39, 0.29) is 28.6 Å². The minimum Gasteiger partial charge on any atom is -0.484 e. The molecule has 1 saturated carbocycles. The quantitative estimate of drug-likeness (QED) is 0.407. The van der Waals surface area contributed by atoms with Crippen LogP contribution in [0.4, 0.5) is 18.0 Å². The number of carbonyl (C=O) groups excluding carboxylic acids is 2. The first kappa shape index (κ1) is 31.7. The Morgan fingerprint density at radius 1 is 1.14 bits per heavy atom. The maximum absolute atomic E-state index is 13.9. The third-order valence-corrected chi connectivity index (χ3v) is 10.0. The van der Waals surface area contributed by atoms with Gasteiger partial charge in [-0.15, -0.1) is 0 Å². The van der Waals surface area contributed by atoms with Crippen molar-refractivity contribution in [2.24, 2.45) is 0 Å². The minimum atomic E-state index is -4.61. The summed E-state index contributed by atoms with van der Waals surface area (Å²) in [5.74, 6) is -0.822. The average molecular weight is 648 g/mol. The van der Waals surface area contributed by atoms with E-state index in [1.54, 1.807) is 38.1 Å². The van der Waals surface area contributed by atoms with Gasteiger partial charge < -0.3 is 19.7 Å². The van der Waals surface area contributed by atoms with Crippen LogP contribution in [0, 0.1) is 11.3 Å². The lowest BCUT2D eigenvalue weighted by Gasteiger charge is -2.33. The maximum Gasteiger partial charge on any atom is 0.422 e. The van der Waals surface area contributed by atoms with Crippen molar-refractivity contribution in [2.75, 3.05) is 13.2 Å². The Kier molecular flexibility index (Phi) is 8.66. The number of hydrogen-bond donors (Lipinski definition) is 1. The number of alkyl carbamates (subject to hydrolysis) is 1. The van der Waals surface area contributed by atoms with Crippen LogP contribution in [0.1, 0.15) is 38.7 Å². The Balaban J connectivity index is 1.61. The second-order valence-corrected chi connectivity index (χ2v) is 13.7. The fraction of sp³-hybridized carbons (Fsp3) is 0.444. The molecule has 0 bridgehead atoms. The summed E-state index contributed by atoms with van der Waals surface area (Å²) in [6.45, 7) is 1.29. The number of amides is 2. The summed E-state index contributed by atoms with van der Waals surface area (Å²) in [5, 5.41) is 10.6. The van der Waals surface area contributed by atoms with Crippen LogP contribution in [0.5, 0.6) is 5.75 Å². The predicted molar refractivity (Wildman–Crippen MR) is 146 cm³/mol. The van der Waals surface area contributed by atoms with Gasteiger partial charge in [0.25, 0.3) is 0 Å². The third-order valence-electron chi connectivity index (χ3n) is 7.17. The number of alkyl halides is 3. The zero-order chi connectivity index (χ0) is 31.1. The monoisotopic (exact) mass is 647 g/mol. The van der Waals surface area contributed by atoms with Crippen LogP contribution in [-0.4, -0.2) is 61.7 Å². The van der Waals surface area contributed by atoms with E-state index in [4.69, 9.17) is 27.9 Å². The molecule has 0 aromatic heterocycles. The molecular weight excluding hydrogens is 622 g/mol. The second-order valence-electron chi connectivity index (χ2n) is 10.7. The van der Waals surface area contributed by atoms with Crippen LogP contribution >= 0.6 is 23.2 Å². The molecule has 9 nitrogen and oxygen atoms in total. The summed E-state index contributed by atoms with van der Waals surface area (Å²) < 4.78 is 75.0. The molecule has 2 aromatic carbocycles. The molecule has 0 spiro atoms. The molecule has 1 saturated heterocycles. The van der Waals surface area contributed by atoms with Gasteiger partial charge in [0.15, 0.2) is 22.7 Å². The van der Waals surface area contributed by atoms with Gasteiger partial charge in [0.1, 0.15) is 11.3 Å². The lowest BCUT2D eigenvalue weighted by Crippen LogP contribution is -2.49. The molecule has 4 rings (SSSR count). The van der Waals surface area contributed by atoms with Crippen molar-refractivity contribution in [3.8, 4) is 11.8 Å². The van der Waals surface area contributed by atoms with Gasteiger partial charge in [0.05, 0.1) is 26.7 Å². The van der Waals surface area contributed by atoms with Crippen LogP contribution in [0.3, 0.4) is 0 Å². The molecule has 226 valence electrons. The molecule has 15 heteroatoms. The highest BCUT2D eigenvalue weighted by molar-refractivity contribution is 7.92. The number of nitrogens with zero attached hydrogens (tertiary/aromatic N) is 2. The Morgan fingerprint density at radius 3 is 2.33 bits per heavy atom. The van der Waals surface area contributed by atoms with Crippen molar-refractivity contribution in [2.45, 2.75) is 66.6 Å². The Labute approximate surface area is 250 Å². The number of carbonyl (C=O) groups is 2. The lowest BCUT2D eigenvalue weighted by atomic mass is 9.83. The summed E-state index contributed by atoms with van der Waals surface area (Å²) >= 11 is 12.2. The van der Waals surface area contributed by atoms with Crippen LogP contribution in [0.15, 0.2) is 47.4 Å². The molecule has 2 atom stereocenters. The van der Waals surface area contributed by atoms with Gasteiger partial charge in [0.2, 0.25) is 5.91 Å². The summed E-state index contributed by atoms with van der Waals surface area (Å²) in [6.07, 6.45) is -6.37. The highest BCUT2D eigenvalue weighted by Gasteiger charge is 2.50. The molecule has 1 N–H and O–H groups in total. The zero-order valence-electron chi connectivity index (χ0n) is 22.4. The lowest BCUT2D eigenvalue weighted by molar-refractivity contribution is -0.153. The van der Waals surface area contributed by atoms with Crippen LogP contribution in [0.2, 0.25) is 10.0 Å². The van der Waals surface area contributed by atoms with Gasteiger partial charge in [0, 0.05) is 24.1 Å². The number of hydrogen-bond acceptors (Lipinski definition) is 7. The van der Waals surface area contributed by atoms with Gasteiger partial charge in [-0.1, -0.05) is 35.3 Å². The standard InChI is InChI=1S/C27H26Cl2F3N3O6S/c1-25(2,16-3-5-17(28)6-4-16)23(36)35-13-19(12-22(35)41-24(37)34-26(14-33)9-10-26)42(38,39)21-8-7-18(11-20(21)29)40-15-27(30,31)32/h3-8,11,19,22H,9-10,12-13,15H2,1-2H3,(H,34,37)/t19-,22+/m1/s1. The van der Waals surface area contributed by atoms with Crippen molar-refractivity contribution in [1.82, 2.24) is 10.2 Å². The van der Waals surface area contributed by atoms with Gasteiger partial charge in [-0.2, -0.15) is 18.4 Å². The summed E-state index contributed by atoms with van der Waals surface area (Å²) in [4.78, 5) is 27.3. The number of benzene rings is 2. The molecule has 2 aliphatic rings. The first-order valence-electron chi connectivity index (χ1n) is 12.7. The average Bonchev–Trinajstić information content (AvgIpc) is 3.55. The van der Waals surface area contributed by atoms with Crippen molar-refractivity contribution in [3.63, 3.8) is 0 Å². The van der Waals surface area contributed by atoms with E-state index in [1.807, 2.05) is 6.07 Å². The van der Waals surface area contributed by atoms with Crippen LogP contribution in [-0.2, 0) is 24.8 Å². The molecule has 2 amide bonds. The van der Waals surface area contributed by atoms with Crippen molar-refractivity contribution >= 4 is 45.0 Å². The molecule has 1 aliphatic heterocycles. The fourth-order valence-corrected chi connectivity index (χ4v) is 6.89. The normalized spacial score (nSPS) is 20.0. The van der Waals surface area contributed by atoms with Gasteiger partial charge in [-0.3, -0.25) is 4.79 Å². The highest BCUT2D eigenvalue weighted by Crippen LogP contribution is 2.38. The zero-order valence-corrected chi connectivity index (χ0v) is 24.7. The van der Waals surface area contributed by atoms with Gasteiger partial charge in [-0.25, -0.2) is 13.2 Å². The maximum atomic E-state index is 13.9. The number of ether oxygens (including phenoxy) is 2. The van der Waals surface area contributed by atoms with Crippen LogP contribution in [0.25, 0.3) is 0 Å². The molecule has 0 unspecified atom stereocenters. The molecule has 1 heterocycles. The van der Waals surface area contributed by atoms with E-state index in [2.05, 4.69) is 10.1 Å². The van der Waals surface area contributed by atoms with Gasteiger partial charge in [-0.05, 0) is 56.5 Å². The van der Waals surface area contributed by atoms with Gasteiger partial charge >= 0.3 is 12.3 Å². The molecule has 2 fully saturated rings. The SMILES string of the molecule is CC(C)(C(=O)N1C[C@H](S(=O)(=O)c2ccc(OCC(F)(F)F)cc2Cl)C[C@@H]1OC(=O)NC1(C#N)CC1)c1ccc(Cl)cc1. The number of rotatable bonds is 8. The third kappa shape index (κ3) is 6.88. The molecular formula is C27H26Cl2F3N3O6S. The second kappa shape index (κ2) is 11.5. The Hall–Kier alpha value is -3.21. The van der Waals surface area contributed by atoms with E-state index in [0.29, 0.717) is 23.4 Å². The van der Waals surface area contributed by atoms with E-state index in [9.17, 15) is 36.4 Å². The molecule has 42 heavy (non-hydrogen) atoms. The number of sulfone groups is 1. The Morgan fingerprint density at radius 2 is 1.79 bits per heavy atom. The van der Waals surface area contributed by atoms with E-state index in [1.165, 1.54) is 0 Å². The van der Waals surface area contributed by atoms with Crippen LogP contribution < -0.4 is 10.1 Å². The minimum absolute atomic E-state index is 0.284. The first-order chi connectivity index (χ1) is 19.5. The highest BCUT2D eigenvalue weighted by atomic mass is 35.5. The number of likely N-dealkylation sites (tertiary alicyclic amines) is 1. The van der Waals surface area contributed by atoms with Crippen molar-refractivity contribution < 1.29 is 40.7 Å². The number of nitriles is 1. The fourth-order valence-electron chi connectivity index (χ4n) is 4.55. The van der Waals surface area contributed by atoms with E-state index >= 15 is 0 Å². The largest absolute Gasteiger partial charge is 0.484 e. The van der Waals surface area contributed by atoms with Crippen molar-refractivity contribution in [1.29, 1.82) is 5.26 Å². The van der Waals surface area contributed by atoms with E-state index in [0.717, 1.165) is 23.1 Å². The first-order valence-corrected chi connectivity index (χ1v) is 15.0. The summed E-state index contributed by atoms with van der Waals surface area (Å²) in [5.41, 5.74) is -1.69. The number of nitrogens with one attached hydrogen (secondary N) is 1. The van der Waals surface area contributed by atoms with Crippen molar-refractivity contribution in [3.05, 3.63) is 58.1 Å². The molecule has 2 aromatic rings. The topological polar surface area (TPSA) is 126 Å². The number of halogens is 5. The summed E-state index contributed by atoms with van der Waals surface area (Å²) in [6, 6.07) is 11.5.